The maximum atomic E-state index is 7.51. The number of benzene rings is 6. The topological polar surface area (TPSA) is 32.7 Å². The van der Waals surface area contributed by atoms with Gasteiger partial charge in [-0.25, -0.2) is 4.85 Å². The standard InChI is InChI=1S/C38H23N3O2/c1-39-24-14-18-36-31(20-24)29-10-4-7-13-35(29)41(36)26-15-17-30-32-21-25(16-19-37(32)42-23-43-38(30)22-26)40-33-11-5-2-8-27(33)28-9-3-6-12-34(28)40/h2-22H,23H2. The molecule has 6 aromatic carbocycles. The van der Waals surface area contributed by atoms with Gasteiger partial charge >= 0.3 is 0 Å². The summed E-state index contributed by atoms with van der Waals surface area (Å²) in [4.78, 5) is 3.66. The van der Waals surface area contributed by atoms with Crippen molar-refractivity contribution in [1.29, 1.82) is 0 Å². The molecule has 0 saturated carbocycles. The third-order valence-electron chi connectivity index (χ3n) is 8.53. The molecule has 0 radical (unpaired) electrons. The largest absolute Gasteiger partial charge is 0.457 e. The Morgan fingerprint density at radius 3 is 1.72 bits per heavy atom. The molecular formula is C38H23N3O2. The van der Waals surface area contributed by atoms with Crippen LogP contribution in [0.15, 0.2) is 127 Å². The Labute approximate surface area is 247 Å². The first-order valence-electron chi connectivity index (χ1n) is 14.2. The van der Waals surface area contributed by atoms with E-state index in [1.54, 1.807) is 0 Å². The van der Waals surface area contributed by atoms with Crippen molar-refractivity contribution in [2.24, 2.45) is 0 Å². The number of aromatic nitrogens is 2. The summed E-state index contributed by atoms with van der Waals surface area (Å²) < 4.78 is 16.9. The van der Waals surface area contributed by atoms with Gasteiger partial charge in [0.2, 0.25) is 6.79 Å². The van der Waals surface area contributed by atoms with Crippen molar-refractivity contribution in [1.82, 2.24) is 9.13 Å². The van der Waals surface area contributed by atoms with Crippen LogP contribution < -0.4 is 9.47 Å². The minimum absolute atomic E-state index is 0.125. The second-order valence-electron chi connectivity index (χ2n) is 10.8. The lowest BCUT2D eigenvalue weighted by Crippen LogP contribution is -2.04. The quantitative estimate of drug-likeness (QED) is 0.200. The SMILES string of the molecule is [C-]#[N+]c1ccc2c(c1)c1ccccc1n2-c1ccc2c(c1)OCOc1ccc(-n3c4ccccc4c4ccccc43)cc1-2. The number of para-hydroxylation sites is 3. The molecule has 0 fully saturated rings. The van der Waals surface area contributed by atoms with Gasteiger partial charge in [0.25, 0.3) is 0 Å². The number of ether oxygens (including phenoxy) is 2. The summed E-state index contributed by atoms with van der Waals surface area (Å²) in [5.41, 5.74) is 9.12. The average Bonchev–Trinajstić information content (AvgIpc) is 3.50. The van der Waals surface area contributed by atoms with Crippen LogP contribution >= 0.6 is 0 Å². The molecule has 5 nitrogen and oxygen atoms in total. The molecule has 9 rings (SSSR count). The maximum Gasteiger partial charge on any atom is 0.230 e. The summed E-state index contributed by atoms with van der Waals surface area (Å²) in [7, 11) is 0. The molecule has 0 amide bonds. The number of rotatable bonds is 2. The molecule has 0 N–H and O–H groups in total. The second-order valence-corrected chi connectivity index (χ2v) is 10.8. The van der Waals surface area contributed by atoms with Crippen molar-refractivity contribution in [2.75, 3.05) is 6.79 Å². The lowest BCUT2D eigenvalue weighted by atomic mass is 10.0. The molecule has 0 atom stereocenters. The molecule has 0 unspecified atom stereocenters. The molecule has 43 heavy (non-hydrogen) atoms. The summed E-state index contributed by atoms with van der Waals surface area (Å²) in [6.07, 6.45) is 0. The molecule has 1 aliphatic heterocycles. The Morgan fingerprint density at radius 1 is 0.488 bits per heavy atom. The van der Waals surface area contributed by atoms with Crippen LogP contribution in [0.4, 0.5) is 5.69 Å². The number of hydrogen-bond acceptors (Lipinski definition) is 2. The first kappa shape index (κ1) is 23.7. The van der Waals surface area contributed by atoms with Crippen molar-refractivity contribution in [3.8, 4) is 34.0 Å². The molecule has 0 spiro atoms. The summed E-state index contributed by atoms with van der Waals surface area (Å²) >= 11 is 0. The van der Waals surface area contributed by atoms with Crippen LogP contribution in [-0.2, 0) is 0 Å². The van der Waals surface area contributed by atoms with E-state index in [4.69, 9.17) is 16.0 Å². The molecule has 0 bridgehead atoms. The zero-order chi connectivity index (χ0) is 28.5. The molecule has 0 saturated heterocycles. The fourth-order valence-electron chi connectivity index (χ4n) is 6.65. The van der Waals surface area contributed by atoms with Crippen LogP contribution in [0.3, 0.4) is 0 Å². The van der Waals surface area contributed by atoms with Gasteiger partial charge in [0, 0.05) is 44.7 Å². The third kappa shape index (κ3) is 3.44. The first-order valence-corrected chi connectivity index (χ1v) is 14.2. The van der Waals surface area contributed by atoms with E-state index in [-0.39, 0.29) is 6.79 Å². The van der Waals surface area contributed by atoms with Gasteiger partial charge in [-0.3, -0.25) is 0 Å². The van der Waals surface area contributed by atoms with Gasteiger partial charge in [0.1, 0.15) is 11.5 Å². The van der Waals surface area contributed by atoms with Gasteiger partial charge < -0.3 is 18.6 Å². The summed E-state index contributed by atoms with van der Waals surface area (Å²) in [6.45, 7) is 7.64. The van der Waals surface area contributed by atoms with E-state index in [0.717, 1.165) is 66.8 Å². The van der Waals surface area contributed by atoms with Crippen molar-refractivity contribution >= 4 is 49.3 Å². The Bertz CT molecular complexity index is 2410. The van der Waals surface area contributed by atoms with E-state index >= 15 is 0 Å². The van der Waals surface area contributed by atoms with Crippen molar-refractivity contribution in [2.45, 2.75) is 0 Å². The van der Waals surface area contributed by atoms with Gasteiger partial charge in [-0.1, -0.05) is 60.7 Å². The lowest BCUT2D eigenvalue weighted by Gasteiger charge is -2.14. The number of hydrogen-bond donors (Lipinski definition) is 0. The average molecular weight is 554 g/mol. The van der Waals surface area contributed by atoms with Crippen LogP contribution in [0.2, 0.25) is 0 Å². The van der Waals surface area contributed by atoms with Crippen molar-refractivity contribution in [3.05, 3.63) is 139 Å². The normalized spacial score (nSPS) is 12.4. The molecule has 202 valence electrons. The summed E-state index contributed by atoms with van der Waals surface area (Å²) in [6, 6.07) is 44.0. The highest BCUT2D eigenvalue weighted by atomic mass is 16.7. The molecule has 2 aromatic heterocycles. The Balaban J connectivity index is 1.24. The number of fused-ring (bicyclic) bond motifs is 9. The third-order valence-corrected chi connectivity index (χ3v) is 8.53. The van der Waals surface area contributed by atoms with E-state index in [0.29, 0.717) is 5.69 Å². The molecule has 3 heterocycles. The zero-order valence-electron chi connectivity index (χ0n) is 23.0. The fraction of sp³-hybridized carbons (Fsp3) is 0.0263. The van der Waals surface area contributed by atoms with Gasteiger partial charge in [-0.05, 0) is 66.0 Å². The Hall–Kier alpha value is -5.99. The Kier molecular flexibility index (Phi) is 4.96. The van der Waals surface area contributed by atoms with Crippen LogP contribution in [0.5, 0.6) is 11.5 Å². The fourth-order valence-corrected chi connectivity index (χ4v) is 6.65. The Morgan fingerprint density at radius 2 is 1.05 bits per heavy atom. The van der Waals surface area contributed by atoms with E-state index in [1.165, 1.54) is 10.8 Å². The monoisotopic (exact) mass is 553 g/mol. The predicted molar refractivity (Wildman–Crippen MR) is 173 cm³/mol. The minimum atomic E-state index is 0.125. The van der Waals surface area contributed by atoms with E-state index in [1.807, 2.05) is 36.4 Å². The van der Waals surface area contributed by atoms with Gasteiger partial charge in [0.05, 0.1) is 28.6 Å². The van der Waals surface area contributed by atoms with Crippen molar-refractivity contribution in [3.63, 3.8) is 0 Å². The van der Waals surface area contributed by atoms with Gasteiger partial charge in [-0.2, -0.15) is 0 Å². The van der Waals surface area contributed by atoms with Gasteiger partial charge in [0.15, 0.2) is 5.69 Å². The predicted octanol–water partition coefficient (Wildman–Crippen LogP) is 9.83. The lowest BCUT2D eigenvalue weighted by molar-refractivity contribution is 0.125. The maximum absolute atomic E-state index is 7.51. The van der Waals surface area contributed by atoms with E-state index in [2.05, 4.69) is 105 Å². The highest BCUT2D eigenvalue weighted by Crippen LogP contribution is 2.43. The molecule has 8 aromatic rings. The van der Waals surface area contributed by atoms with Crippen LogP contribution in [0, 0.1) is 6.57 Å². The van der Waals surface area contributed by atoms with E-state index < -0.39 is 0 Å². The van der Waals surface area contributed by atoms with E-state index in [9.17, 15) is 0 Å². The molecule has 1 aliphatic rings. The van der Waals surface area contributed by atoms with Gasteiger partial charge in [-0.15, -0.1) is 0 Å². The minimum Gasteiger partial charge on any atom is -0.457 e. The smallest absolute Gasteiger partial charge is 0.230 e. The second kappa shape index (κ2) is 9.01. The summed E-state index contributed by atoms with van der Waals surface area (Å²) in [5, 5.41) is 4.63. The van der Waals surface area contributed by atoms with Crippen molar-refractivity contribution < 1.29 is 9.47 Å². The summed E-state index contributed by atoms with van der Waals surface area (Å²) in [5.74, 6) is 1.55. The highest BCUT2D eigenvalue weighted by molar-refractivity contribution is 6.11. The zero-order valence-corrected chi connectivity index (χ0v) is 23.0. The van der Waals surface area contributed by atoms with Crippen LogP contribution in [0.1, 0.15) is 0 Å². The molecule has 0 aliphatic carbocycles. The highest BCUT2D eigenvalue weighted by Gasteiger charge is 2.21. The number of nitrogens with zero attached hydrogens (tertiary/aromatic N) is 3. The van der Waals surface area contributed by atoms with Crippen LogP contribution in [-0.4, -0.2) is 15.9 Å². The first-order chi connectivity index (χ1) is 21.3. The molecular weight excluding hydrogens is 530 g/mol. The van der Waals surface area contributed by atoms with Crippen LogP contribution in [0.25, 0.3) is 71.0 Å². The molecule has 5 heteroatoms.